The summed E-state index contributed by atoms with van der Waals surface area (Å²) in [7, 11) is 3.63. The third kappa shape index (κ3) is 5.34. The van der Waals surface area contributed by atoms with Gasteiger partial charge in [0.1, 0.15) is 11.6 Å². The van der Waals surface area contributed by atoms with Crippen molar-refractivity contribution in [3.63, 3.8) is 0 Å². The van der Waals surface area contributed by atoms with Gasteiger partial charge in [-0.2, -0.15) is 0 Å². The molecule has 2 aliphatic heterocycles. The molecule has 5 rings (SSSR count). The van der Waals surface area contributed by atoms with Crippen molar-refractivity contribution in [1.82, 2.24) is 29.8 Å². The van der Waals surface area contributed by atoms with Crippen molar-refractivity contribution < 1.29 is 9.53 Å². The largest absolute Gasteiger partial charge is 0.497 e. The summed E-state index contributed by atoms with van der Waals surface area (Å²) in [5.41, 5.74) is 6.59. The second-order valence-corrected chi connectivity index (χ2v) is 9.54. The van der Waals surface area contributed by atoms with Gasteiger partial charge in [0.05, 0.1) is 24.7 Å². The Labute approximate surface area is 207 Å². The average molecular weight is 477 g/mol. The molecule has 3 heterocycles. The number of carbonyl (C=O) groups is 1. The van der Waals surface area contributed by atoms with E-state index in [2.05, 4.69) is 55.1 Å². The number of imidazole rings is 1. The number of piperazine rings is 1. The number of hydrazine groups is 1. The summed E-state index contributed by atoms with van der Waals surface area (Å²) in [5, 5.41) is 2.17. The second kappa shape index (κ2) is 10.8. The van der Waals surface area contributed by atoms with Crippen LogP contribution in [0.25, 0.3) is 11.0 Å². The number of piperidine rings is 1. The Kier molecular flexibility index (Phi) is 7.32. The summed E-state index contributed by atoms with van der Waals surface area (Å²) >= 11 is 0. The van der Waals surface area contributed by atoms with E-state index in [1.54, 1.807) is 7.11 Å². The minimum Gasteiger partial charge on any atom is -0.497 e. The van der Waals surface area contributed by atoms with Crippen LogP contribution in [-0.4, -0.2) is 83.7 Å². The van der Waals surface area contributed by atoms with Crippen LogP contribution in [0, 0.1) is 5.92 Å². The van der Waals surface area contributed by atoms with Gasteiger partial charge in [0.2, 0.25) is 5.91 Å². The number of methoxy groups -OCH3 is 1. The van der Waals surface area contributed by atoms with Gasteiger partial charge in [-0.1, -0.05) is 24.3 Å². The van der Waals surface area contributed by atoms with E-state index in [0.717, 1.165) is 87.8 Å². The predicted molar refractivity (Wildman–Crippen MR) is 137 cm³/mol. The Bertz CT molecular complexity index is 1130. The molecule has 0 unspecified atom stereocenters. The first-order chi connectivity index (χ1) is 17.1. The lowest BCUT2D eigenvalue weighted by Crippen LogP contribution is -2.54. The first-order valence-corrected chi connectivity index (χ1v) is 12.6. The number of nitrogens with one attached hydrogen (secondary N) is 1. The van der Waals surface area contributed by atoms with Crippen molar-refractivity contribution in [2.24, 2.45) is 5.92 Å². The third-order valence-electron chi connectivity index (χ3n) is 7.44. The van der Waals surface area contributed by atoms with Gasteiger partial charge in [-0.25, -0.2) is 9.99 Å². The van der Waals surface area contributed by atoms with E-state index < -0.39 is 0 Å². The number of likely N-dealkylation sites (tertiary alicyclic amines) is 1. The van der Waals surface area contributed by atoms with Gasteiger partial charge in [0.25, 0.3) is 0 Å². The number of amides is 1. The van der Waals surface area contributed by atoms with Crippen molar-refractivity contribution in [2.45, 2.75) is 25.9 Å². The zero-order chi connectivity index (χ0) is 24.2. The van der Waals surface area contributed by atoms with Crippen molar-refractivity contribution >= 4 is 16.9 Å². The molecule has 35 heavy (non-hydrogen) atoms. The lowest BCUT2D eigenvalue weighted by Gasteiger charge is -2.38. The maximum absolute atomic E-state index is 13.1. The highest BCUT2D eigenvalue weighted by atomic mass is 16.5. The highest BCUT2D eigenvalue weighted by Gasteiger charge is 2.30. The van der Waals surface area contributed by atoms with E-state index in [4.69, 9.17) is 9.72 Å². The van der Waals surface area contributed by atoms with E-state index in [1.165, 1.54) is 5.56 Å². The van der Waals surface area contributed by atoms with Crippen LogP contribution < -0.4 is 10.2 Å². The van der Waals surface area contributed by atoms with Crippen LogP contribution in [0.2, 0.25) is 0 Å². The Balaban J connectivity index is 1.24. The van der Waals surface area contributed by atoms with E-state index in [1.807, 2.05) is 25.2 Å². The molecular formula is C27H36N6O2. The summed E-state index contributed by atoms with van der Waals surface area (Å²) in [6.07, 6.45) is 1.84. The molecule has 8 heteroatoms. The molecule has 1 aromatic heterocycles. The quantitative estimate of drug-likeness (QED) is 0.566. The molecule has 1 amide bonds. The number of rotatable bonds is 7. The minimum atomic E-state index is 0.144. The first-order valence-electron chi connectivity index (χ1n) is 12.6. The van der Waals surface area contributed by atoms with Crippen molar-refractivity contribution in [3.8, 4) is 5.75 Å². The minimum absolute atomic E-state index is 0.144. The second-order valence-electron chi connectivity index (χ2n) is 9.54. The number of ether oxygens (including phenoxy) is 1. The van der Waals surface area contributed by atoms with E-state index in [-0.39, 0.29) is 5.92 Å². The van der Waals surface area contributed by atoms with E-state index in [0.29, 0.717) is 5.91 Å². The Morgan fingerprint density at radius 3 is 2.37 bits per heavy atom. The van der Waals surface area contributed by atoms with Gasteiger partial charge >= 0.3 is 0 Å². The summed E-state index contributed by atoms with van der Waals surface area (Å²) in [6.45, 7) is 6.85. The molecule has 0 radical (unpaired) electrons. The molecule has 2 aromatic carbocycles. The molecule has 0 saturated carbocycles. The molecule has 3 aromatic rings. The van der Waals surface area contributed by atoms with Gasteiger partial charge in [-0.05, 0) is 62.8 Å². The fourth-order valence-electron chi connectivity index (χ4n) is 5.28. The van der Waals surface area contributed by atoms with Gasteiger partial charge in [0.15, 0.2) is 0 Å². The number of carbonyl (C=O) groups excluding carboxylic acids is 1. The monoisotopic (exact) mass is 476 g/mol. The van der Waals surface area contributed by atoms with Crippen molar-refractivity contribution in [1.29, 1.82) is 0 Å². The highest BCUT2D eigenvalue weighted by molar-refractivity contribution is 5.79. The highest BCUT2D eigenvalue weighted by Crippen LogP contribution is 2.24. The topological polar surface area (TPSA) is 65.9 Å². The van der Waals surface area contributed by atoms with Gasteiger partial charge in [-0.3, -0.25) is 15.1 Å². The molecule has 0 bridgehead atoms. The molecule has 0 atom stereocenters. The molecule has 2 saturated heterocycles. The smallest absolute Gasteiger partial charge is 0.225 e. The Hall–Kier alpha value is -2.94. The van der Waals surface area contributed by atoms with Crippen molar-refractivity contribution in [2.75, 3.05) is 53.4 Å². The van der Waals surface area contributed by atoms with Crippen LogP contribution >= 0.6 is 0 Å². The van der Waals surface area contributed by atoms with Crippen LogP contribution in [-0.2, 0) is 17.9 Å². The van der Waals surface area contributed by atoms with Gasteiger partial charge < -0.3 is 14.2 Å². The van der Waals surface area contributed by atoms with Crippen LogP contribution in [0.1, 0.15) is 24.2 Å². The van der Waals surface area contributed by atoms with Crippen LogP contribution in [0.4, 0.5) is 0 Å². The summed E-state index contributed by atoms with van der Waals surface area (Å²) in [4.78, 5) is 22.6. The molecule has 0 spiro atoms. The average Bonchev–Trinajstić information content (AvgIpc) is 3.25. The standard InChI is InChI=1S/C27H36N6O2/c1-28-32-17-15-31(16-18-32)27(34)22-11-13-30(14-12-22)20-26-29-24-5-3-4-6-25(24)33(26)19-21-7-9-23(35-2)10-8-21/h3-10,22,28H,11-20H2,1-2H3. The van der Waals surface area contributed by atoms with E-state index >= 15 is 0 Å². The van der Waals surface area contributed by atoms with Crippen LogP contribution in [0.5, 0.6) is 5.75 Å². The maximum atomic E-state index is 13.1. The maximum Gasteiger partial charge on any atom is 0.225 e. The first kappa shape index (κ1) is 23.8. The molecule has 8 nitrogen and oxygen atoms in total. The number of fused-ring (bicyclic) bond motifs is 1. The predicted octanol–water partition coefficient (Wildman–Crippen LogP) is 2.58. The van der Waals surface area contributed by atoms with Crippen LogP contribution in [0.15, 0.2) is 48.5 Å². The zero-order valence-electron chi connectivity index (χ0n) is 20.8. The zero-order valence-corrected chi connectivity index (χ0v) is 20.8. The summed E-state index contributed by atoms with van der Waals surface area (Å²) < 4.78 is 7.64. The Morgan fingerprint density at radius 1 is 0.971 bits per heavy atom. The normalized spacial score (nSPS) is 18.3. The number of hydrogen-bond acceptors (Lipinski definition) is 6. The summed E-state index contributed by atoms with van der Waals surface area (Å²) in [6, 6.07) is 16.6. The third-order valence-corrected chi connectivity index (χ3v) is 7.44. The number of nitrogens with zero attached hydrogens (tertiary/aromatic N) is 5. The molecular weight excluding hydrogens is 440 g/mol. The fourth-order valence-corrected chi connectivity index (χ4v) is 5.28. The lowest BCUT2D eigenvalue weighted by molar-refractivity contribution is -0.139. The van der Waals surface area contributed by atoms with Gasteiger partial charge in [-0.15, -0.1) is 0 Å². The number of para-hydroxylation sites is 2. The van der Waals surface area contributed by atoms with E-state index in [9.17, 15) is 4.79 Å². The lowest BCUT2D eigenvalue weighted by atomic mass is 9.95. The molecule has 2 aliphatic rings. The number of aromatic nitrogens is 2. The van der Waals surface area contributed by atoms with Crippen molar-refractivity contribution in [3.05, 3.63) is 59.9 Å². The number of hydrogen-bond donors (Lipinski definition) is 1. The number of benzene rings is 2. The molecule has 2 fully saturated rings. The Morgan fingerprint density at radius 2 is 1.69 bits per heavy atom. The molecule has 186 valence electrons. The van der Waals surface area contributed by atoms with Crippen LogP contribution in [0.3, 0.4) is 0 Å². The molecule has 0 aliphatic carbocycles. The SMILES string of the molecule is CNN1CCN(C(=O)C2CCN(Cc3nc4ccccc4n3Cc3ccc(OC)cc3)CC2)CC1. The summed E-state index contributed by atoms with van der Waals surface area (Å²) in [5.74, 6) is 2.43. The molecule has 1 N–H and O–H groups in total. The fraction of sp³-hybridized carbons (Fsp3) is 0.481. The van der Waals surface area contributed by atoms with Gasteiger partial charge in [0, 0.05) is 38.6 Å².